The molecule has 0 heterocycles. The summed E-state index contributed by atoms with van der Waals surface area (Å²) in [7, 11) is 1.49. The SMILES string of the molecule is COc1cccc(/C=C(\C#N)C(=O)OCC(=O)Nc2ccc(OC(F)F)cc2)c1. The number of carbonyl (C=O) groups is 2. The molecule has 0 unspecified atom stereocenters. The molecule has 0 atom stereocenters. The lowest BCUT2D eigenvalue weighted by Gasteiger charge is -2.08. The Morgan fingerprint density at radius 1 is 1.17 bits per heavy atom. The first-order valence-electron chi connectivity index (χ1n) is 8.19. The van der Waals surface area contributed by atoms with Gasteiger partial charge in [-0.05, 0) is 48.0 Å². The van der Waals surface area contributed by atoms with Crippen LogP contribution < -0.4 is 14.8 Å². The van der Waals surface area contributed by atoms with E-state index in [-0.39, 0.29) is 11.3 Å². The Morgan fingerprint density at radius 2 is 1.90 bits per heavy atom. The second-order valence-corrected chi connectivity index (χ2v) is 5.47. The van der Waals surface area contributed by atoms with Crippen molar-refractivity contribution in [1.82, 2.24) is 0 Å². The Kier molecular flexibility index (Phi) is 7.68. The van der Waals surface area contributed by atoms with E-state index in [0.717, 1.165) is 0 Å². The van der Waals surface area contributed by atoms with Crippen molar-refractivity contribution in [3.8, 4) is 17.6 Å². The fourth-order valence-electron chi connectivity index (χ4n) is 2.16. The first-order valence-corrected chi connectivity index (χ1v) is 8.19. The van der Waals surface area contributed by atoms with Crippen LogP contribution in [0.4, 0.5) is 14.5 Å². The van der Waals surface area contributed by atoms with E-state index >= 15 is 0 Å². The number of hydrogen-bond acceptors (Lipinski definition) is 6. The van der Waals surface area contributed by atoms with E-state index in [0.29, 0.717) is 17.0 Å². The first-order chi connectivity index (χ1) is 13.9. The van der Waals surface area contributed by atoms with Gasteiger partial charge in [0.1, 0.15) is 23.1 Å². The number of methoxy groups -OCH3 is 1. The molecule has 0 spiro atoms. The van der Waals surface area contributed by atoms with Crippen molar-refractivity contribution in [2.45, 2.75) is 6.61 Å². The molecule has 9 heteroatoms. The molecule has 2 aromatic carbocycles. The van der Waals surface area contributed by atoms with Gasteiger partial charge in [-0.15, -0.1) is 0 Å². The number of nitrogens with zero attached hydrogens (tertiary/aromatic N) is 1. The van der Waals surface area contributed by atoms with E-state index in [9.17, 15) is 18.4 Å². The van der Waals surface area contributed by atoms with Crippen molar-refractivity contribution in [2.24, 2.45) is 0 Å². The molecule has 2 rings (SSSR count). The topological polar surface area (TPSA) is 97.6 Å². The van der Waals surface area contributed by atoms with E-state index in [4.69, 9.17) is 14.7 Å². The molecule has 29 heavy (non-hydrogen) atoms. The van der Waals surface area contributed by atoms with E-state index in [1.807, 2.05) is 0 Å². The molecule has 0 aliphatic rings. The van der Waals surface area contributed by atoms with Crippen molar-refractivity contribution < 1.29 is 32.6 Å². The molecule has 2 aromatic rings. The van der Waals surface area contributed by atoms with E-state index in [1.165, 1.54) is 37.5 Å². The predicted octanol–water partition coefficient (Wildman–Crippen LogP) is 3.39. The number of nitriles is 1. The molecule has 0 aliphatic heterocycles. The van der Waals surface area contributed by atoms with Crippen LogP contribution in [0.25, 0.3) is 6.08 Å². The van der Waals surface area contributed by atoms with Crippen molar-refractivity contribution >= 4 is 23.6 Å². The average Bonchev–Trinajstić information content (AvgIpc) is 2.71. The van der Waals surface area contributed by atoms with Gasteiger partial charge >= 0.3 is 12.6 Å². The maximum absolute atomic E-state index is 12.1. The number of ether oxygens (including phenoxy) is 3. The highest BCUT2D eigenvalue weighted by Crippen LogP contribution is 2.18. The molecule has 0 fully saturated rings. The van der Waals surface area contributed by atoms with Crippen LogP contribution in [0, 0.1) is 11.3 Å². The number of nitrogens with one attached hydrogen (secondary N) is 1. The summed E-state index contributed by atoms with van der Waals surface area (Å²) < 4.78 is 38.3. The Bertz CT molecular complexity index is 937. The smallest absolute Gasteiger partial charge is 0.387 e. The standard InChI is InChI=1S/C20H16F2N2O5/c1-27-17-4-2-3-13(10-17)9-14(11-23)19(26)28-12-18(25)24-15-5-7-16(8-6-15)29-20(21)22/h2-10,20H,12H2,1H3,(H,24,25)/b14-9+. The fraction of sp³-hybridized carbons (Fsp3) is 0.150. The summed E-state index contributed by atoms with van der Waals surface area (Å²) >= 11 is 0. The maximum atomic E-state index is 12.1. The van der Waals surface area contributed by atoms with Gasteiger partial charge in [0.25, 0.3) is 5.91 Å². The van der Waals surface area contributed by atoms with Gasteiger partial charge in [-0.3, -0.25) is 4.79 Å². The van der Waals surface area contributed by atoms with E-state index < -0.39 is 25.1 Å². The van der Waals surface area contributed by atoms with Gasteiger partial charge < -0.3 is 19.5 Å². The van der Waals surface area contributed by atoms with Gasteiger partial charge in [0.05, 0.1) is 7.11 Å². The number of amides is 1. The van der Waals surface area contributed by atoms with Gasteiger partial charge in [-0.2, -0.15) is 14.0 Å². The lowest BCUT2D eigenvalue weighted by Crippen LogP contribution is -2.21. The van der Waals surface area contributed by atoms with Crippen LogP contribution in [0.15, 0.2) is 54.1 Å². The summed E-state index contributed by atoms with van der Waals surface area (Å²) in [6, 6.07) is 13.6. The van der Waals surface area contributed by atoms with Crippen molar-refractivity contribution in [1.29, 1.82) is 5.26 Å². The largest absolute Gasteiger partial charge is 0.497 e. The average molecular weight is 402 g/mol. The molecule has 0 aromatic heterocycles. The van der Waals surface area contributed by atoms with Crippen LogP contribution in [0.5, 0.6) is 11.5 Å². The zero-order valence-electron chi connectivity index (χ0n) is 15.2. The van der Waals surface area contributed by atoms with Crippen molar-refractivity contribution in [2.75, 3.05) is 19.0 Å². The van der Waals surface area contributed by atoms with Gasteiger partial charge in [0.2, 0.25) is 0 Å². The first kappa shape index (κ1) is 21.4. The number of halogens is 2. The van der Waals surface area contributed by atoms with E-state index in [1.54, 1.807) is 30.3 Å². The molecule has 0 bridgehead atoms. The number of benzene rings is 2. The third-order valence-corrected chi connectivity index (χ3v) is 3.44. The molecular weight excluding hydrogens is 386 g/mol. The lowest BCUT2D eigenvalue weighted by atomic mass is 10.1. The van der Waals surface area contributed by atoms with Gasteiger partial charge in [0, 0.05) is 5.69 Å². The summed E-state index contributed by atoms with van der Waals surface area (Å²) in [5.41, 5.74) is 0.549. The minimum atomic E-state index is -2.95. The molecule has 0 radical (unpaired) electrons. The summed E-state index contributed by atoms with van der Waals surface area (Å²) in [6.45, 7) is -3.58. The number of anilines is 1. The molecule has 0 aliphatic carbocycles. The lowest BCUT2D eigenvalue weighted by molar-refractivity contribution is -0.142. The highest BCUT2D eigenvalue weighted by molar-refractivity contribution is 6.00. The van der Waals surface area contributed by atoms with Crippen LogP contribution in [0.2, 0.25) is 0 Å². The van der Waals surface area contributed by atoms with Crippen LogP contribution in [-0.4, -0.2) is 32.2 Å². The third-order valence-electron chi connectivity index (χ3n) is 3.44. The minimum absolute atomic E-state index is 0.0641. The molecular formula is C20H16F2N2O5. The van der Waals surface area contributed by atoms with Gasteiger partial charge in [0.15, 0.2) is 6.61 Å². The molecule has 0 saturated carbocycles. The van der Waals surface area contributed by atoms with Crippen LogP contribution in [0.1, 0.15) is 5.56 Å². The predicted molar refractivity (Wildman–Crippen MR) is 99.2 cm³/mol. The monoisotopic (exact) mass is 402 g/mol. The number of hydrogen-bond donors (Lipinski definition) is 1. The highest BCUT2D eigenvalue weighted by Gasteiger charge is 2.14. The Balaban J connectivity index is 1.91. The number of alkyl halides is 2. The molecule has 150 valence electrons. The summed E-state index contributed by atoms with van der Waals surface area (Å²) in [5.74, 6) is -1.15. The maximum Gasteiger partial charge on any atom is 0.387 e. The Hall–Kier alpha value is -3.93. The Morgan fingerprint density at radius 3 is 2.52 bits per heavy atom. The fourth-order valence-corrected chi connectivity index (χ4v) is 2.16. The van der Waals surface area contributed by atoms with Crippen LogP contribution in [-0.2, 0) is 14.3 Å². The number of esters is 1. The van der Waals surface area contributed by atoms with Gasteiger partial charge in [-0.25, -0.2) is 4.79 Å². The van der Waals surface area contributed by atoms with Crippen molar-refractivity contribution in [3.05, 3.63) is 59.7 Å². The number of rotatable bonds is 8. The quantitative estimate of drug-likeness (QED) is 0.413. The molecule has 1 N–H and O–H groups in total. The van der Waals surface area contributed by atoms with Crippen molar-refractivity contribution in [3.63, 3.8) is 0 Å². The third kappa shape index (κ3) is 6.95. The Labute approximate surface area is 165 Å². The molecule has 1 amide bonds. The second-order valence-electron chi connectivity index (χ2n) is 5.47. The minimum Gasteiger partial charge on any atom is -0.497 e. The van der Waals surface area contributed by atoms with Crippen LogP contribution >= 0.6 is 0 Å². The van der Waals surface area contributed by atoms with Crippen LogP contribution in [0.3, 0.4) is 0 Å². The number of carbonyl (C=O) groups excluding carboxylic acids is 2. The van der Waals surface area contributed by atoms with Gasteiger partial charge in [-0.1, -0.05) is 12.1 Å². The summed E-state index contributed by atoms with van der Waals surface area (Å²) in [6.07, 6.45) is 1.31. The summed E-state index contributed by atoms with van der Waals surface area (Å²) in [4.78, 5) is 23.9. The molecule has 0 saturated heterocycles. The molecule has 7 nitrogen and oxygen atoms in total. The van der Waals surface area contributed by atoms with E-state index in [2.05, 4.69) is 10.1 Å². The zero-order chi connectivity index (χ0) is 21.2. The normalized spacial score (nSPS) is 10.8. The highest BCUT2D eigenvalue weighted by atomic mass is 19.3. The summed E-state index contributed by atoms with van der Waals surface area (Å²) in [5, 5.41) is 11.6. The zero-order valence-corrected chi connectivity index (χ0v) is 15.2. The second kappa shape index (κ2) is 10.4.